The smallest absolute Gasteiger partial charge is 0.462 e. The third-order valence-corrected chi connectivity index (χ3v) is 23.7. The molecule has 0 spiro atoms. The molecular formula is C92H180O17P2. The first-order valence-corrected chi connectivity index (χ1v) is 50.6. The summed E-state index contributed by atoms with van der Waals surface area (Å²) < 4.78 is 69.1. The van der Waals surface area contributed by atoms with E-state index >= 15 is 0 Å². The van der Waals surface area contributed by atoms with Crippen molar-refractivity contribution in [3.05, 3.63) is 0 Å². The van der Waals surface area contributed by atoms with Crippen molar-refractivity contribution in [1.82, 2.24) is 0 Å². The number of phosphoric acid groups is 2. The number of hydrogen-bond donors (Lipinski definition) is 3. The molecule has 0 aromatic carbocycles. The molecule has 0 aliphatic rings. The van der Waals surface area contributed by atoms with Crippen LogP contribution in [0.2, 0.25) is 0 Å². The van der Waals surface area contributed by atoms with E-state index < -0.39 is 97.5 Å². The summed E-state index contributed by atoms with van der Waals surface area (Å²) in [7, 11) is -9.94. The third kappa shape index (κ3) is 85.8. The summed E-state index contributed by atoms with van der Waals surface area (Å²) in [6.07, 6.45) is 80.7. The zero-order valence-electron chi connectivity index (χ0n) is 73.1. The van der Waals surface area contributed by atoms with Crippen LogP contribution in [0.4, 0.5) is 0 Å². The van der Waals surface area contributed by atoms with Crippen LogP contribution in [0.1, 0.15) is 503 Å². The quantitative estimate of drug-likeness (QED) is 0.0222. The lowest BCUT2D eigenvalue weighted by Crippen LogP contribution is -2.30. The number of aliphatic hydroxyl groups excluding tert-OH is 1. The van der Waals surface area contributed by atoms with Gasteiger partial charge in [-0.2, -0.15) is 0 Å². The van der Waals surface area contributed by atoms with E-state index in [4.69, 9.17) is 37.0 Å². The van der Waals surface area contributed by atoms with Gasteiger partial charge in [0.05, 0.1) is 26.4 Å². The highest BCUT2D eigenvalue weighted by molar-refractivity contribution is 7.47. The van der Waals surface area contributed by atoms with Crippen molar-refractivity contribution < 1.29 is 80.2 Å². The second-order valence-corrected chi connectivity index (χ2v) is 36.4. The topological polar surface area (TPSA) is 237 Å². The van der Waals surface area contributed by atoms with Gasteiger partial charge in [-0.25, -0.2) is 9.13 Å². The molecule has 0 aliphatic carbocycles. The molecule has 0 fully saturated rings. The molecule has 19 heteroatoms. The molecule has 0 aromatic rings. The summed E-state index contributed by atoms with van der Waals surface area (Å²) in [4.78, 5) is 73.5. The van der Waals surface area contributed by atoms with E-state index in [9.17, 15) is 43.2 Å². The molecule has 0 aromatic heterocycles. The first-order valence-electron chi connectivity index (χ1n) is 47.6. The van der Waals surface area contributed by atoms with Gasteiger partial charge in [0.25, 0.3) is 0 Å². The average Bonchev–Trinajstić information content (AvgIpc) is 0.899. The van der Waals surface area contributed by atoms with Crippen LogP contribution < -0.4 is 0 Å². The summed E-state index contributed by atoms with van der Waals surface area (Å²) in [6, 6.07) is 0. The fraction of sp³-hybridized carbons (Fsp3) is 0.957. The number of rotatable bonds is 92. The minimum Gasteiger partial charge on any atom is -0.462 e. The predicted molar refractivity (Wildman–Crippen MR) is 460 cm³/mol. The molecule has 17 nitrogen and oxygen atoms in total. The van der Waals surface area contributed by atoms with Crippen LogP contribution in [0.15, 0.2) is 0 Å². The lowest BCUT2D eigenvalue weighted by molar-refractivity contribution is -0.161. The minimum absolute atomic E-state index is 0.108. The maximum absolute atomic E-state index is 13.2. The number of esters is 4. The van der Waals surface area contributed by atoms with Crippen LogP contribution in [-0.2, 0) is 65.4 Å². The Morgan fingerprint density at radius 2 is 0.414 bits per heavy atom. The Balaban J connectivity index is 5.24. The SMILES string of the molecule is CCCCCCCCCCCCCCCCCCCCCCCC(=O)OC[C@H](COP(=O)(O)OC[C@@H](O)COP(=O)(O)OC[C@@H](COC(=O)CCCCCCCCCCCCCC)OC(=O)CCCCCCCCCCCCCCCCC(C)C)OC(=O)CCCCCCCCCCCCCCCCCCCCCCC. The van der Waals surface area contributed by atoms with Crippen LogP contribution in [0.25, 0.3) is 0 Å². The second-order valence-electron chi connectivity index (χ2n) is 33.5. The predicted octanol–water partition coefficient (Wildman–Crippen LogP) is 28.7. The first-order chi connectivity index (χ1) is 54.0. The molecule has 3 N–H and O–H groups in total. The van der Waals surface area contributed by atoms with Gasteiger partial charge < -0.3 is 33.8 Å². The number of unbranched alkanes of at least 4 members (excludes halogenated alkanes) is 64. The molecule has 0 aliphatic heterocycles. The van der Waals surface area contributed by atoms with Crippen molar-refractivity contribution in [2.45, 2.75) is 522 Å². The van der Waals surface area contributed by atoms with Crippen molar-refractivity contribution in [2.24, 2.45) is 5.92 Å². The summed E-state index contributed by atoms with van der Waals surface area (Å²) in [5, 5.41) is 10.7. The first kappa shape index (κ1) is 109. The molecule has 111 heavy (non-hydrogen) atoms. The monoisotopic (exact) mass is 1620 g/mol. The Hall–Kier alpha value is -1.94. The molecule has 0 rings (SSSR count). The Morgan fingerprint density at radius 3 is 0.613 bits per heavy atom. The molecule has 2 unspecified atom stereocenters. The molecule has 5 atom stereocenters. The molecule has 0 amide bonds. The van der Waals surface area contributed by atoms with Crippen molar-refractivity contribution in [3.63, 3.8) is 0 Å². The van der Waals surface area contributed by atoms with Gasteiger partial charge in [0.1, 0.15) is 19.3 Å². The highest BCUT2D eigenvalue weighted by atomic mass is 31.2. The second kappa shape index (κ2) is 84.5. The lowest BCUT2D eigenvalue weighted by atomic mass is 10.0. The minimum atomic E-state index is -4.97. The van der Waals surface area contributed by atoms with Crippen LogP contribution in [0, 0.1) is 5.92 Å². The summed E-state index contributed by atoms with van der Waals surface area (Å²) >= 11 is 0. The highest BCUT2D eigenvalue weighted by Crippen LogP contribution is 2.45. The van der Waals surface area contributed by atoms with Gasteiger partial charge in [-0.1, -0.05) is 452 Å². The summed E-state index contributed by atoms with van der Waals surface area (Å²) in [6.45, 7) is 7.42. The van der Waals surface area contributed by atoms with Gasteiger partial charge >= 0.3 is 39.5 Å². The molecule has 0 heterocycles. The van der Waals surface area contributed by atoms with E-state index in [0.717, 1.165) is 95.8 Å². The van der Waals surface area contributed by atoms with E-state index in [1.54, 1.807) is 0 Å². The number of carbonyl (C=O) groups is 4. The van der Waals surface area contributed by atoms with Gasteiger partial charge in [0, 0.05) is 25.7 Å². The fourth-order valence-electron chi connectivity index (χ4n) is 14.5. The number of ether oxygens (including phenoxy) is 4. The van der Waals surface area contributed by atoms with Crippen molar-refractivity contribution in [1.29, 1.82) is 0 Å². The van der Waals surface area contributed by atoms with E-state index in [0.29, 0.717) is 25.7 Å². The largest absolute Gasteiger partial charge is 0.472 e. The van der Waals surface area contributed by atoms with Gasteiger partial charge in [-0.05, 0) is 31.6 Å². The van der Waals surface area contributed by atoms with E-state index in [2.05, 4.69) is 34.6 Å². The summed E-state index contributed by atoms with van der Waals surface area (Å²) in [5.41, 5.74) is 0. The van der Waals surface area contributed by atoms with E-state index in [1.165, 1.54) is 327 Å². The number of phosphoric ester groups is 2. The Morgan fingerprint density at radius 1 is 0.243 bits per heavy atom. The molecule has 0 saturated carbocycles. The maximum Gasteiger partial charge on any atom is 0.472 e. The molecular weight excluding hydrogens is 1440 g/mol. The Labute approximate surface area is 683 Å². The van der Waals surface area contributed by atoms with Crippen molar-refractivity contribution >= 4 is 39.5 Å². The van der Waals surface area contributed by atoms with Crippen LogP contribution in [0.3, 0.4) is 0 Å². The maximum atomic E-state index is 13.2. The third-order valence-electron chi connectivity index (χ3n) is 21.8. The van der Waals surface area contributed by atoms with Crippen LogP contribution in [-0.4, -0.2) is 96.7 Å². The number of hydrogen-bond acceptors (Lipinski definition) is 15. The van der Waals surface area contributed by atoms with Gasteiger partial charge in [-0.15, -0.1) is 0 Å². The standard InChI is InChI=1S/C92H180O17P2/c1-6-9-12-15-18-21-24-27-29-31-33-35-37-39-41-46-51-56-61-66-71-76-90(95)103-82-88(109-91(96)77-72-67-62-57-52-47-42-40-38-36-34-32-30-28-25-22-19-16-13-10-7-2)84-107-111(100,101)105-80-86(93)79-104-110(98,99)106-83-87(81-102-89(94)75-70-65-60-55-50-26-23-20-17-14-11-8-3)108-92(97)78-73-68-63-58-53-48-44-43-45-49-54-59-64-69-74-85(4)5/h85-88,93H,6-84H2,1-5H3,(H,98,99)(H,100,101)/t86-,87+,88+/m0/s1. The van der Waals surface area contributed by atoms with Gasteiger partial charge in [-0.3, -0.25) is 37.3 Å². The van der Waals surface area contributed by atoms with Gasteiger partial charge in [0.2, 0.25) is 0 Å². The normalized spacial score (nSPS) is 13.7. The average molecular weight is 1620 g/mol. The number of carbonyl (C=O) groups excluding carboxylic acids is 4. The Kier molecular flexibility index (Phi) is 83.0. The van der Waals surface area contributed by atoms with E-state index in [-0.39, 0.29) is 25.7 Å². The molecule has 0 bridgehead atoms. The number of aliphatic hydroxyl groups is 1. The van der Waals surface area contributed by atoms with E-state index in [1.807, 2.05) is 0 Å². The highest BCUT2D eigenvalue weighted by Gasteiger charge is 2.31. The zero-order valence-corrected chi connectivity index (χ0v) is 74.9. The molecule has 0 radical (unpaired) electrons. The lowest BCUT2D eigenvalue weighted by Gasteiger charge is -2.21. The molecule has 0 saturated heterocycles. The van der Waals surface area contributed by atoms with Crippen LogP contribution in [0.5, 0.6) is 0 Å². The van der Waals surface area contributed by atoms with Crippen molar-refractivity contribution in [3.8, 4) is 0 Å². The van der Waals surface area contributed by atoms with Gasteiger partial charge in [0.15, 0.2) is 12.2 Å². The Bertz CT molecular complexity index is 2100. The zero-order chi connectivity index (χ0) is 81.1. The van der Waals surface area contributed by atoms with Crippen LogP contribution >= 0.6 is 15.6 Å². The van der Waals surface area contributed by atoms with Crippen molar-refractivity contribution in [2.75, 3.05) is 39.6 Å². The summed E-state index contributed by atoms with van der Waals surface area (Å²) in [5.74, 6) is -1.30. The molecule has 660 valence electrons. The fourth-order valence-corrected chi connectivity index (χ4v) is 16.1.